The Labute approximate surface area is 177 Å². The molecular weight excluding hydrogens is 436 g/mol. The second-order valence-corrected chi connectivity index (χ2v) is 8.30. The molecule has 2 aromatic heterocycles. The molecule has 1 aliphatic rings. The molecule has 1 amide bonds. The summed E-state index contributed by atoms with van der Waals surface area (Å²) in [4.78, 5) is 27.5. The molecule has 152 valence electrons. The summed E-state index contributed by atoms with van der Waals surface area (Å²) in [6.45, 7) is 4.24. The van der Waals surface area contributed by atoms with Crippen LogP contribution in [0.15, 0.2) is 54.5 Å². The van der Waals surface area contributed by atoms with Gasteiger partial charge in [0.05, 0.1) is 11.4 Å². The molecule has 1 aliphatic heterocycles. The first-order valence-corrected chi connectivity index (χ1v) is 10.6. The third-order valence-corrected chi connectivity index (χ3v) is 5.78. The third kappa shape index (κ3) is 4.46. The number of furan rings is 1. The van der Waals surface area contributed by atoms with Gasteiger partial charge in [0.15, 0.2) is 11.2 Å². The van der Waals surface area contributed by atoms with Gasteiger partial charge < -0.3 is 14.2 Å². The molecule has 4 rings (SSSR count). The molecule has 1 N–H and O–H groups in total. The molecule has 0 radical (unpaired) electrons. The lowest BCUT2D eigenvalue weighted by atomic mass is 10.1. The maximum atomic E-state index is 12.7. The van der Waals surface area contributed by atoms with E-state index in [0.717, 1.165) is 41.9 Å². The molecule has 0 aliphatic carbocycles. The van der Waals surface area contributed by atoms with E-state index in [1.54, 1.807) is 18.2 Å². The van der Waals surface area contributed by atoms with Crippen molar-refractivity contribution in [3.8, 4) is 0 Å². The number of carbonyl (C=O) groups is 1. The number of hydrogen-bond acceptors (Lipinski definition) is 5. The fraction of sp³-hybridized carbons (Fsp3) is 0.364. The molecule has 29 heavy (non-hydrogen) atoms. The summed E-state index contributed by atoms with van der Waals surface area (Å²) in [5.74, 6) is 1.30. The van der Waals surface area contributed by atoms with Crippen molar-refractivity contribution in [2.24, 2.45) is 0 Å². The Morgan fingerprint density at radius 1 is 1.14 bits per heavy atom. The number of fused-ring (bicyclic) bond motifs is 1. The quantitative estimate of drug-likeness (QED) is 0.612. The molecule has 6 nitrogen and oxygen atoms in total. The largest absolute Gasteiger partial charge is 0.465 e. The molecule has 1 atom stereocenters. The lowest BCUT2D eigenvalue weighted by molar-refractivity contribution is 0.0887. The first-order valence-electron chi connectivity index (χ1n) is 9.83. The minimum Gasteiger partial charge on any atom is -0.465 e. The summed E-state index contributed by atoms with van der Waals surface area (Å²) in [5.41, 5.74) is 0.145. The van der Waals surface area contributed by atoms with Gasteiger partial charge in [0.2, 0.25) is 0 Å². The van der Waals surface area contributed by atoms with Crippen LogP contribution in [-0.2, 0) is 0 Å². The van der Waals surface area contributed by atoms with Crippen LogP contribution < -0.4 is 10.7 Å². The monoisotopic (exact) mass is 458 g/mol. The molecule has 1 fully saturated rings. The first kappa shape index (κ1) is 19.9. The highest BCUT2D eigenvalue weighted by atomic mass is 79.9. The maximum absolute atomic E-state index is 12.7. The molecule has 7 heteroatoms. The van der Waals surface area contributed by atoms with Gasteiger partial charge in [-0.25, -0.2) is 0 Å². The van der Waals surface area contributed by atoms with Crippen LogP contribution in [0.5, 0.6) is 0 Å². The number of nitrogens with zero attached hydrogens (tertiary/aromatic N) is 1. The van der Waals surface area contributed by atoms with E-state index in [4.69, 9.17) is 8.83 Å². The van der Waals surface area contributed by atoms with E-state index >= 15 is 0 Å². The topological polar surface area (TPSA) is 75.7 Å². The number of likely N-dealkylation sites (tertiary alicyclic amines) is 1. The Bertz CT molecular complexity index is 1080. The van der Waals surface area contributed by atoms with E-state index in [1.165, 1.54) is 12.5 Å². The van der Waals surface area contributed by atoms with Crippen molar-refractivity contribution in [2.45, 2.75) is 32.2 Å². The highest BCUT2D eigenvalue weighted by molar-refractivity contribution is 9.10. The van der Waals surface area contributed by atoms with Crippen LogP contribution in [0.4, 0.5) is 0 Å². The predicted octanol–water partition coefficient (Wildman–Crippen LogP) is 4.41. The van der Waals surface area contributed by atoms with E-state index < -0.39 is 5.91 Å². The second kappa shape index (κ2) is 8.55. The smallest absolute Gasteiger partial charge is 0.287 e. The standard InChI is InChI=1S/C22H23BrN2O4/c1-14-5-7-20(28-14)17(25-9-3-2-4-10-25)13-24-22(27)21-12-18(26)16-11-15(23)6-8-19(16)29-21/h5-8,11-12,17H,2-4,9-10,13H2,1H3,(H,24,27)/t17-/m0/s1. The van der Waals surface area contributed by atoms with Crippen LogP contribution in [0.1, 0.15) is 47.4 Å². The van der Waals surface area contributed by atoms with Gasteiger partial charge in [-0.3, -0.25) is 14.5 Å². The first-order chi connectivity index (χ1) is 14.0. The van der Waals surface area contributed by atoms with Gasteiger partial charge in [-0.1, -0.05) is 22.4 Å². The second-order valence-electron chi connectivity index (χ2n) is 7.39. The zero-order valence-electron chi connectivity index (χ0n) is 16.2. The van der Waals surface area contributed by atoms with Crippen LogP contribution in [0.2, 0.25) is 0 Å². The van der Waals surface area contributed by atoms with Crippen molar-refractivity contribution in [3.63, 3.8) is 0 Å². The normalized spacial score (nSPS) is 16.1. The van der Waals surface area contributed by atoms with Gasteiger partial charge in [0.1, 0.15) is 17.1 Å². The maximum Gasteiger partial charge on any atom is 0.287 e. The van der Waals surface area contributed by atoms with E-state index in [9.17, 15) is 9.59 Å². The summed E-state index contributed by atoms with van der Waals surface area (Å²) in [6, 6.07) is 10.3. The fourth-order valence-corrected chi connectivity index (χ4v) is 4.15. The van der Waals surface area contributed by atoms with Gasteiger partial charge in [-0.05, 0) is 63.2 Å². The SMILES string of the molecule is Cc1ccc([C@H](CNC(=O)c2cc(=O)c3cc(Br)ccc3o2)N2CCCCC2)o1. The van der Waals surface area contributed by atoms with Gasteiger partial charge in [-0.15, -0.1) is 0 Å². The highest BCUT2D eigenvalue weighted by Gasteiger charge is 2.26. The van der Waals surface area contributed by atoms with E-state index in [-0.39, 0.29) is 17.2 Å². The Morgan fingerprint density at radius 3 is 2.66 bits per heavy atom. The molecule has 0 bridgehead atoms. The average molecular weight is 459 g/mol. The predicted molar refractivity (Wildman–Crippen MR) is 114 cm³/mol. The lowest BCUT2D eigenvalue weighted by Gasteiger charge is -2.33. The number of amides is 1. The Balaban J connectivity index is 1.54. The number of nitrogens with one attached hydrogen (secondary N) is 1. The molecule has 1 saturated heterocycles. The average Bonchev–Trinajstić information content (AvgIpc) is 3.15. The van der Waals surface area contributed by atoms with Crippen LogP contribution in [-0.4, -0.2) is 30.4 Å². The Kier molecular flexibility index (Phi) is 5.87. The molecule has 1 aromatic carbocycles. The van der Waals surface area contributed by atoms with Gasteiger partial charge in [0, 0.05) is 17.1 Å². The minimum absolute atomic E-state index is 0.0119. The number of halogens is 1. The summed E-state index contributed by atoms with van der Waals surface area (Å²) in [7, 11) is 0. The summed E-state index contributed by atoms with van der Waals surface area (Å²) < 4.78 is 12.3. The highest BCUT2D eigenvalue weighted by Crippen LogP contribution is 2.26. The van der Waals surface area contributed by atoms with Crippen LogP contribution in [0.3, 0.4) is 0 Å². The number of piperidine rings is 1. The van der Waals surface area contributed by atoms with Crippen LogP contribution in [0, 0.1) is 6.92 Å². The molecule has 0 saturated carbocycles. The number of hydrogen-bond donors (Lipinski definition) is 1. The van der Waals surface area contributed by atoms with Crippen molar-refractivity contribution in [1.82, 2.24) is 10.2 Å². The lowest BCUT2D eigenvalue weighted by Crippen LogP contribution is -2.40. The van der Waals surface area contributed by atoms with Crippen LogP contribution in [0.25, 0.3) is 11.0 Å². The number of carbonyl (C=O) groups excluding carboxylic acids is 1. The number of benzene rings is 1. The van der Waals surface area contributed by atoms with Gasteiger partial charge in [-0.2, -0.15) is 0 Å². The van der Waals surface area contributed by atoms with Crippen molar-refractivity contribution >= 4 is 32.8 Å². The van der Waals surface area contributed by atoms with Crippen molar-refractivity contribution in [3.05, 3.63) is 68.4 Å². The zero-order valence-corrected chi connectivity index (χ0v) is 17.8. The van der Waals surface area contributed by atoms with E-state index in [1.807, 2.05) is 19.1 Å². The Morgan fingerprint density at radius 2 is 1.93 bits per heavy atom. The number of rotatable bonds is 5. The summed E-state index contributed by atoms with van der Waals surface area (Å²) >= 11 is 3.34. The van der Waals surface area contributed by atoms with Crippen molar-refractivity contribution < 1.29 is 13.6 Å². The molecule has 0 spiro atoms. The summed E-state index contributed by atoms with van der Waals surface area (Å²) in [6.07, 6.45) is 3.50. The minimum atomic E-state index is -0.405. The molecule has 0 unspecified atom stereocenters. The third-order valence-electron chi connectivity index (χ3n) is 5.29. The van der Waals surface area contributed by atoms with E-state index in [2.05, 4.69) is 26.1 Å². The molecule has 3 heterocycles. The van der Waals surface area contributed by atoms with Crippen molar-refractivity contribution in [2.75, 3.05) is 19.6 Å². The van der Waals surface area contributed by atoms with Gasteiger partial charge >= 0.3 is 0 Å². The van der Waals surface area contributed by atoms with Crippen LogP contribution >= 0.6 is 15.9 Å². The van der Waals surface area contributed by atoms with Gasteiger partial charge in [0.25, 0.3) is 5.91 Å². The fourth-order valence-electron chi connectivity index (χ4n) is 3.79. The summed E-state index contributed by atoms with van der Waals surface area (Å²) in [5, 5.41) is 3.36. The molecular formula is C22H23BrN2O4. The molecule has 3 aromatic rings. The number of aryl methyl sites for hydroxylation is 1. The van der Waals surface area contributed by atoms with Crippen molar-refractivity contribution in [1.29, 1.82) is 0 Å². The van der Waals surface area contributed by atoms with E-state index in [0.29, 0.717) is 17.5 Å². The Hall–Kier alpha value is -2.38. The zero-order chi connectivity index (χ0) is 20.4.